The Morgan fingerprint density at radius 2 is 1.56 bits per heavy atom. The van der Waals surface area contributed by atoms with Gasteiger partial charge in [0.05, 0.1) is 12.7 Å². The van der Waals surface area contributed by atoms with Crippen molar-refractivity contribution < 1.29 is 27.5 Å². The maximum absolute atomic E-state index is 13.7. The summed E-state index contributed by atoms with van der Waals surface area (Å²) in [4.78, 5) is 15.7. The average molecular weight is 529 g/mol. The SMILES string of the molecule is CC(C)(C)OC(=O)NCc1cc2cc(-c3ccc(Oc4ccc(F)nc4)cc3)cc(-c3ccc(F)cc3)c2o1. The summed E-state index contributed by atoms with van der Waals surface area (Å²) < 4.78 is 43.9. The standard InChI is InChI=1S/C31H26F2N2O4/c1-31(2,3)39-30(36)35-18-26-15-22-14-21(16-27(29(22)38-26)20-4-8-23(32)9-5-20)19-6-10-24(11-7-19)37-25-12-13-28(33)34-17-25/h4-17H,18H2,1-3H3,(H,35,36). The number of hydrogen-bond acceptors (Lipinski definition) is 5. The van der Waals surface area contributed by atoms with E-state index in [1.807, 2.05) is 42.5 Å². The number of furan rings is 1. The van der Waals surface area contributed by atoms with Gasteiger partial charge < -0.3 is 19.2 Å². The fourth-order valence-corrected chi connectivity index (χ4v) is 4.05. The molecule has 0 aliphatic carbocycles. The second kappa shape index (κ2) is 10.6. The van der Waals surface area contributed by atoms with Crippen LogP contribution in [-0.2, 0) is 11.3 Å². The lowest BCUT2D eigenvalue weighted by Crippen LogP contribution is -2.32. The van der Waals surface area contributed by atoms with Crippen LogP contribution >= 0.6 is 0 Å². The van der Waals surface area contributed by atoms with Crippen LogP contribution in [0.5, 0.6) is 11.5 Å². The van der Waals surface area contributed by atoms with E-state index in [0.29, 0.717) is 22.8 Å². The van der Waals surface area contributed by atoms with E-state index in [2.05, 4.69) is 10.3 Å². The summed E-state index contributed by atoms with van der Waals surface area (Å²) in [7, 11) is 0. The predicted molar refractivity (Wildman–Crippen MR) is 144 cm³/mol. The van der Waals surface area contributed by atoms with Crippen molar-refractivity contribution in [2.24, 2.45) is 0 Å². The Bertz CT molecular complexity index is 1600. The molecule has 0 radical (unpaired) electrons. The van der Waals surface area contributed by atoms with Crippen molar-refractivity contribution in [3.63, 3.8) is 0 Å². The van der Waals surface area contributed by atoms with E-state index in [-0.39, 0.29) is 12.4 Å². The molecular weight excluding hydrogens is 502 g/mol. The largest absolute Gasteiger partial charge is 0.459 e. The molecule has 0 saturated carbocycles. The van der Waals surface area contributed by atoms with Gasteiger partial charge in [0.2, 0.25) is 5.95 Å². The third-order valence-electron chi connectivity index (χ3n) is 5.75. The minimum atomic E-state index is -0.612. The Kier molecular flexibility index (Phi) is 7.02. The minimum Gasteiger partial charge on any atom is -0.459 e. The summed E-state index contributed by atoms with van der Waals surface area (Å²) in [5.74, 6) is 0.641. The van der Waals surface area contributed by atoms with E-state index in [1.54, 1.807) is 32.9 Å². The molecule has 3 aromatic carbocycles. The van der Waals surface area contributed by atoms with Crippen molar-refractivity contribution in [1.82, 2.24) is 10.3 Å². The lowest BCUT2D eigenvalue weighted by molar-refractivity contribution is 0.0520. The van der Waals surface area contributed by atoms with Gasteiger partial charge >= 0.3 is 6.09 Å². The molecule has 2 heterocycles. The summed E-state index contributed by atoms with van der Waals surface area (Å²) in [5.41, 5.74) is 3.40. The Balaban J connectivity index is 1.46. The number of fused-ring (bicyclic) bond motifs is 1. The molecule has 8 heteroatoms. The molecule has 2 aromatic heterocycles. The Morgan fingerprint density at radius 1 is 0.872 bits per heavy atom. The molecule has 39 heavy (non-hydrogen) atoms. The Morgan fingerprint density at radius 3 is 2.23 bits per heavy atom. The molecule has 6 nitrogen and oxygen atoms in total. The van der Waals surface area contributed by atoms with Crippen LogP contribution in [-0.4, -0.2) is 16.7 Å². The van der Waals surface area contributed by atoms with E-state index in [9.17, 15) is 13.6 Å². The van der Waals surface area contributed by atoms with Gasteiger partial charge in [-0.25, -0.2) is 14.2 Å². The molecule has 0 aliphatic rings. The highest BCUT2D eigenvalue weighted by molar-refractivity contribution is 5.97. The number of carbonyl (C=O) groups excluding carboxylic acids is 1. The second-order valence-electron chi connectivity index (χ2n) is 9.96. The smallest absolute Gasteiger partial charge is 0.408 e. The number of rotatable bonds is 6. The fourth-order valence-electron chi connectivity index (χ4n) is 4.05. The summed E-state index contributed by atoms with van der Waals surface area (Å²) in [6, 6.07) is 22.2. The first-order valence-electron chi connectivity index (χ1n) is 12.3. The van der Waals surface area contributed by atoms with Crippen LogP contribution in [0.1, 0.15) is 26.5 Å². The molecule has 0 unspecified atom stereocenters. The molecule has 198 valence electrons. The molecule has 0 spiro atoms. The number of hydrogen-bond donors (Lipinski definition) is 1. The zero-order valence-corrected chi connectivity index (χ0v) is 21.6. The minimum absolute atomic E-state index is 0.145. The number of aromatic nitrogens is 1. The fraction of sp³-hybridized carbons (Fsp3) is 0.161. The monoisotopic (exact) mass is 528 g/mol. The maximum Gasteiger partial charge on any atom is 0.408 e. The van der Waals surface area contributed by atoms with Gasteiger partial charge in [-0.1, -0.05) is 24.3 Å². The summed E-state index contributed by atoms with van der Waals surface area (Å²) >= 11 is 0. The number of nitrogens with zero attached hydrogens (tertiary/aromatic N) is 1. The first kappa shape index (κ1) is 25.9. The van der Waals surface area contributed by atoms with E-state index < -0.39 is 17.6 Å². The van der Waals surface area contributed by atoms with Crippen LogP contribution in [0.15, 0.2) is 89.5 Å². The predicted octanol–water partition coefficient (Wildman–Crippen LogP) is 8.26. The van der Waals surface area contributed by atoms with Gasteiger partial charge in [0.25, 0.3) is 0 Å². The van der Waals surface area contributed by atoms with Crippen molar-refractivity contribution in [3.8, 4) is 33.8 Å². The number of carbonyl (C=O) groups is 1. The lowest BCUT2D eigenvalue weighted by Gasteiger charge is -2.19. The first-order valence-corrected chi connectivity index (χ1v) is 12.3. The van der Waals surface area contributed by atoms with Crippen molar-refractivity contribution in [1.29, 1.82) is 0 Å². The summed E-state index contributed by atoms with van der Waals surface area (Å²) in [5, 5.41) is 3.54. The number of nitrogens with one attached hydrogen (secondary N) is 1. The summed E-state index contributed by atoms with van der Waals surface area (Å²) in [6.07, 6.45) is 0.779. The Labute approximate surface area is 224 Å². The van der Waals surface area contributed by atoms with Gasteiger partial charge in [-0.15, -0.1) is 0 Å². The first-order chi connectivity index (χ1) is 18.6. The Hall–Kier alpha value is -4.72. The molecule has 5 rings (SSSR count). The van der Waals surface area contributed by atoms with Gasteiger partial charge in [0.1, 0.15) is 34.3 Å². The second-order valence-corrected chi connectivity index (χ2v) is 9.96. The van der Waals surface area contributed by atoms with Gasteiger partial charge in [0.15, 0.2) is 0 Å². The topological polar surface area (TPSA) is 73.6 Å². The van der Waals surface area contributed by atoms with E-state index in [4.69, 9.17) is 13.9 Å². The van der Waals surface area contributed by atoms with Crippen LogP contribution in [0, 0.1) is 11.8 Å². The van der Waals surface area contributed by atoms with Crippen LogP contribution in [0.2, 0.25) is 0 Å². The molecule has 0 aliphatic heterocycles. The van der Waals surface area contributed by atoms with Crippen molar-refractivity contribution in [2.75, 3.05) is 0 Å². The van der Waals surface area contributed by atoms with E-state index in [0.717, 1.165) is 27.6 Å². The van der Waals surface area contributed by atoms with Gasteiger partial charge in [-0.05, 0) is 92.1 Å². The molecule has 1 amide bonds. The third kappa shape index (κ3) is 6.41. The van der Waals surface area contributed by atoms with Crippen LogP contribution < -0.4 is 10.1 Å². The molecule has 0 saturated heterocycles. The normalized spacial score (nSPS) is 11.4. The molecule has 5 aromatic rings. The van der Waals surface area contributed by atoms with Crippen molar-refractivity contribution in [3.05, 3.63) is 103 Å². The maximum atomic E-state index is 13.7. The highest BCUT2D eigenvalue weighted by Crippen LogP contribution is 2.37. The zero-order valence-electron chi connectivity index (χ0n) is 21.6. The quantitative estimate of drug-likeness (QED) is 0.225. The summed E-state index contributed by atoms with van der Waals surface area (Å²) in [6.45, 7) is 5.53. The van der Waals surface area contributed by atoms with Gasteiger partial charge in [-0.3, -0.25) is 0 Å². The zero-order chi connectivity index (χ0) is 27.6. The van der Waals surface area contributed by atoms with Crippen molar-refractivity contribution >= 4 is 17.1 Å². The number of benzene rings is 3. The van der Waals surface area contributed by atoms with Gasteiger partial charge in [0, 0.05) is 10.9 Å². The van der Waals surface area contributed by atoms with E-state index >= 15 is 0 Å². The van der Waals surface area contributed by atoms with Crippen LogP contribution in [0.25, 0.3) is 33.2 Å². The molecule has 1 N–H and O–H groups in total. The van der Waals surface area contributed by atoms with Gasteiger partial charge in [-0.2, -0.15) is 4.39 Å². The molecule has 0 fully saturated rings. The molecule has 0 atom stereocenters. The third-order valence-corrected chi connectivity index (χ3v) is 5.75. The average Bonchev–Trinajstić information content (AvgIpc) is 3.31. The number of pyridine rings is 1. The number of alkyl carbamates (subject to hydrolysis) is 1. The highest BCUT2D eigenvalue weighted by Gasteiger charge is 2.18. The van der Waals surface area contributed by atoms with Crippen LogP contribution in [0.4, 0.5) is 13.6 Å². The van der Waals surface area contributed by atoms with Crippen molar-refractivity contribution in [2.45, 2.75) is 32.9 Å². The number of ether oxygens (including phenoxy) is 2. The number of halogens is 2. The lowest BCUT2D eigenvalue weighted by atomic mass is 9.96. The highest BCUT2D eigenvalue weighted by atomic mass is 19.1. The van der Waals surface area contributed by atoms with Crippen LogP contribution in [0.3, 0.4) is 0 Å². The number of amides is 1. The molecular formula is C31H26F2N2O4. The van der Waals surface area contributed by atoms with E-state index in [1.165, 1.54) is 30.5 Å². The molecule has 0 bridgehead atoms.